The molecule has 0 bridgehead atoms. The molecule has 1 N–H and O–H groups in total. The van der Waals surface area contributed by atoms with Gasteiger partial charge in [-0.2, -0.15) is 11.8 Å². The molecule has 0 saturated carbocycles. The van der Waals surface area contributed by atoms with Crippen LogP contribution in [0.3, 0.4) is 0 Å². The molecule has 0 spiro atoms. The second-order valence-electron chi connectivity index (χ2n) is 4.75. The summed E-state index contributed by atoms with van der Waals surface area (Å²) in [6.45, 7) is 2.06. The molecule has 1 aliphatic rings. The number of carboxylic acid groups (broad SMARTS) is 1. The number of hydrogen-bond donors (Lipinski definition) is 1. The van der Waals surface area contributed by atoms with Gasteiger partial charge in [0.05, 0.1) is 0 Å². The molecule has 6 heteroatoms. The van der Waals surface area contributed by atoms with Crippen LogP contribution in [0.4, 0.5) is 4.79 Å². The maximum Gasteiger partial charge on any atom is 0.319 e. The van der Waals surface area contributed by atoms with Crippen molar-refractivity contribution in [3.05, 3.63) is 0 Å². The van der Waals surface area contributed by atoms with E-state index in [1.165, 1.54) is 0 Å². The fourth-order valence-corrected chi connectivity index (χ4v) is 2.67. The monoisotopic (exact) mass is 274 g/mol. The Kier molecular flexibility index (Phi) is 6.32. The van der Waals surface area contributed by atoms with Crippen LogP contribution in [0.2, 0.25) is 0 Å². The van der Waals surface area contributed by atoms with E-state index in [0.717, 1.165) is 31.7 Å². The number of hydrogen-bond acceptors (Lipinski definition) is 3. The summed E-state index contributed by atoms with van der Waals surface area (Å²) in [5.41, 5.74) is 0. The van der Waals surface area contributed by atoms with E-state index >= 15 is 0 Å². The van der Waals surface area contributed by atoms with Gasteiger partial charge in [-0.05, 0) is 25.0 Å². The lowest BCUT2D eigenvalue weighted by Gasteiger charge is -2.34. The highest BCUT2D eigenvalue weighted by molar-refractivity contribution is 7.98. The molecule has 2 amide bonds. The highest BCUT2D eigenvalue weighted by atomic mass is 32.2. The van der Waals surface area contributed by atoms with Gasteiger partial charge in [-0.15, -0.1) is 0 Å². The standard InChI is InChI=1S/C12H22N2O3S/c1-13(6-7-18-2)12(17)14-5-3-4-10(9-14)8-11(15)16/h10H,3-9H2,1-2H3,(H,15,16). The molecule has 1 fully saturated rings. The molecule has 1 heterocycles. The Morgan fingerprint density at radius 3 is 2.83 bits per heavy atom. The second-order valence-corrected chi connectivity index (χ2v) is 5.73. The van der Waals surface area contributed by atoms with Gasteiger partial charge < -0.3 is 14.9 Å². The van der Waals surface area contributed by atoms with Crippen LogP contribution in [0.1, 0.15) is 19.3 Å². The van der Waals surface area contributed by atoms with Crippen molar-refractivity contribution in [1.29, 1.82) is 0 Å². The van der Waals surface area contributed by atoms with Gasteiger partial charge in [-0.25, -0.2) is 4.79 Å². The third kappa shape index (κ3) is 4.76. The van der Waals surface area contributed by atoms with Crippen LogP contribution in [0.15, 0.2) is 0 Å². The van der Waals surface area contributed by atoms with Crippen molar-refractivity contribution in [2.45, 2.75) is 19.3 Å². The molecule has 0 aromatic heterocycles. The number of nitrogens with zero attached hydrogens (tertiary/aromatic N) is 2. The lowest BCUT2D eigenvalue weighted by Crippen LogP contribution is -2.47. The summed E-state index contributed by atoms with van der Waals surface area (Å²) >= 11 is 1.71. The third-order valence-corrected chi connectivity index (χ3v) is 3.80. The molecule has 1 rings (SSSR count). The number of piperidine rings is 1. The van der Waals surface area contributed by atoms with Gasteiger partial charge in [0.25, 0.3) is 0 Å². The van der Waals surface area contributed by atoms with E-state index < -0.39 is 5.97 Å². The van der Waals surface area contributed by atoms with E-state index in [2.05, 4.69) is 0 Å². The molecule has 5 nitrogen and oxygen atoms in total. The zero-order valence-electron chi connectivity index (χ0n) is 11.1. The molecular formula is C12H22N2O3S. The number of rotatable bonds is 5. The molecule has 0 radical (unpaired) electrons. The van der Waals surface area contributed by atoms with Crippen LogP contribution in [-0.4, -0.2) is 65.6 Å². The number of amides is 2. The first-order valence-corrected chi connectivity index (χ1v) is 7.64. The summed E-state index contributed by atoms with van der Waals surface area (Å²) in [5.74, 6) is 0.258. The third-order valence-electron chi connectivity index (χ3n) is 3.21. The van der Waals surface area contributed by atoms with Gasteiger partial charge in [-0.1, -0.05) is 0 Å². The molecule has 0 aromatic rings. The Labute approximate surface area is 113 Å². The quantitative estimate of drug-likeness (QED) is 0.827. The first-order chi connectivity index (χ1) is 8.54. The van der Waals surface area contributed by atoms with Gasteiger partial charge in [0.1, 0.15) is 0 Å². The van der Waals surface area contributed by atoms with E-state index in [1.807, 2.05) is 6.26 Å². The average Bonchev–Trinajstić information content (AvgIpc) is 2.34. The van der Waals surface area contributed by atoms with E-state index in [-0.39, 0.29) is 18.4 Å². The van der Waals surface area contributed by atoms with Crippen LogP contribution >= 0.6 is 11.8 Å². The normalized spacial score (nSPS) is 19.7. The molecule has 1 unspecified atom stereocenters. The number of carbonyl (C=O) groups excluding carboxylic acids is 1. The average molecular weight is 274 g/mol. The molecule has 18 heavy (non-hydrogen) atoms. The highest BCUT2D eigenvalue weighted by Crippen LogP contribution is 2.20. The minimum atomic E-state index is -0.773. The SMILES string of the molecule is CSCCN(C)C(=O)N1CCCC(CC(=O)O)C1. The van der Waals surface area contributed by atoms with Gasteiger partial charge in [0.15, 0.2) is 0 Å². The van der Waals surface area contributed by atoms with Crippen molar-refractivity contribution in [3.8, 4) is 0 Å². The predicted molar refractivity (Wildman–Crippen MR) is 73.0 cm³/mol. The number of likely N-dealkylation sites (tertiary alicyclic amines) is 1. The topological polar surface area (TPSA) is 60.9 Å². The summed E-state index contributed by atoms with van der Waals surface area (Å²) in [7, 11) is 1.80. The fourth-order valence-electron chi connectivity index (χ4n) is 2.22. The Hall–Kier alpha value is -0.910. The fraction of sp³-hybridized carbons (Fsp3) is 0.833. The number of urea groups is 1. The van der Waals surface area contributed by atoms with E-state index in [9.17, 15) is 9.59 Å². The van der Waals surface area contributed by atoms with E-state index in [1.54, 1.807) is 28.6 Å². The van der Waals surface area contributed by atoms with Crippen LogP contribution in [0.5, 0.6) is 0 Å². The van der Waals surface area contributed by atoms with Crippen molar-refractivity contribution in [1.82, 2.24) is 9.80 Å². The van der Waals surface area contributed by atoms with Crippen molar-refractivity contribution in [2.24, 2.45) is 5.92 Å². The minimum Gasteiger partial charge on any atom is -0.481 e. The minimum absolute atomic E-state index is 0.0270. The van der Waals surface area contributed by atoms with Gasteiger partial charge in [-0.3, -0.25) is 4.79 Å². The van der Waals surface area contributed by atoms with Crippen LogP contribution < -0.4 is 0 Å². The molecule has 0 aromatic carbocycles. The zero-order valence-corrected chi connectivity index (χ0v) is 11.9. The predicted octanol–water partition coefficient (Wildman–Crippen LogP) is 1.59. The van der Waals surface area contributed by atoms with Crippen molar-refractivity contribution < 1.29 is 14.7 Å². The number of carboxylic acids is 1. The summed E-state index contributed by atoms with van der Waals surface area (Å²) < 4.78 is 0. The van der Waals surface area contributed by atoms with Gasteiger partial charge >= 0.3 is 12.0 Å². The Morgan fingerprint density at radius 1 is 1.50 bits per heavy atom. The smallest absolute Gasteiger partial charge is 0.319 e. The number of thioether (sulfide) groups is 1. The Balaban J connectivity index is 2.44. The van der Waals surface area contributed by atoms with E-state index in [4.69, 9.17) is 5.11 Å². The van der Waals surface area contributed by atoms with Crippen molar-refractivity contribution >= 4 is 23.8 Å². The van der Waals surface area contributed by atoms with Crippen molar-refractivity contribution in [2.75, 3.05) is 38.7 Å². The molecule has 1 saturated heterocycles. The zero-order chi connectivity index (χ0) is 13.5. The van der Waals surface area contributed by atoms with Crippen LogP contribution in [0, 0.1) is 5.92 Å². The van der Waals surface area contributed by atoms with Crippen LogP contribution in [-0.2, 0) is 4.79 Å². The van der Waals surface area contributed by atoms with Gasteiger partial charge in [0, 0.05) is 38.9 Å². The van der Waals surface area contributed by atoms with Crippen LogP contribution in [0.25, 0.3) is 0 Å². The molecule has 0 aliphatic carbocycles. The highest BCUT2D eigenvalue weighted by Gasteiger charge is 2.26. The Bertz CT molecular complexity index is 299. The molecule has 104 valence electrons. The molecule has 1 atom stereocenters. The Morgan fingerprint density at radius 2 is 2.22 bits per heavy atom. The number of carbonyl (C=O) groups is 2. The van der Waals surface area contributed by atoms with Gasteiger partial charge in [0.2, 0.25) is 0 Å². The first kappa shape index (κ1) is 15.1. The second kappa shape index (κ2) is 7.51. The summed E-state index contributed by atoms with van der Waals surface area (Å²) in [5, 5.41) is 8.80. The lowest BCUT2D eigenvalue weighted by molar-refractivity contribution is -0.138. The van der Waals surface area contributed by atoms with Crippen molar-refractivity contribution in [3.63, 3.8) is 0 Å². The first-order valence-electron chi connectivity index (χ1n) is 6.25. The summed E-state index contributed by atoms with van der Waals surface area (Å²) in [4.78, 5) is 26.3. The molecular weight excluding hydrogens is 252 g/mol. The maximum atomic E-state index is 12.1. The molecule has 1 aliphatic heterocycles. The summed E-state index contributed by atoms with van der Waals surface area (Å²) in [6, 6.07) is 0.0270. The largest absolute Gasteiger partial charge is 0.481 e. The lowest BCUT2D eigenvalue weighted by atomic mass is 9.95. The summed E-state index contributed by atoms with van der Waals surface area (Å²) in [6.07, 6.45) is 3.99. The van der Waals surface area contributed by atoms with E-state index in [0.29, 0.717) is 6.54 Å². The maximum absolute atomic E-state index is 12.1. The number of aliphatic carboxylic acids is 1.